The van der Waals surface area contributed by atoms with E-state index in [0.29, 0.717) is 12.0 Å². The lowest BCUT2D eigenvalue weighted by Crippen LogP contribution is -2.09. The lowest BCUT2D eigenvalue weighted by atomic mass is 9.95. The van der Waals surface area contributed by atoms with Gasteiger partial charge in [-0.3, -0.25) is 0 Å². The Balaban J connectivity index is 1.31. The zero-order valence-corrected chi connectivity index (χ0v) is 21.6. The molecule has 0 aliphatic heterocycles. The number of hydrogen-bond donors (Lipinski definition) is 0. The average molecular weight is 565 g/mol. The summed E-state index contributed by atoms with van der Waals surface area (Å²) in [4.78, 5) is -0.311. The lowest BCUT2D eigenvalue weighted by Gasteiger charge is -2.13. The normalized spacial score (nSPS) is 13.3. The number of allylic oxidation sites excluding steroid dienone is 1. The van der Waals surface area contributed by atoms with E-state index in [1.807, 2.05) is 18.2 Å². The molecule has 5 aromatic carbocycles. The van der Waals surface area contributed by atoms with Crippen molar-refractivity contribution < 1.29 is 34.0 Å². The van der Waals surface area contributed by atoms with Gasteiger partial charge >= 0.3 is 20.2 Å². The molecule has 0 aromatic heterocycles. The molecule has 1 aliphatic carbocycles. The summed E-state index contributed by atoms with van der Waals surface area (Å²) in [5.74, 6) is -0.797. The fourth-order valence-electron chi connectivity index (χ4n) is 4.62. The van der Waals surface area contributed by atoms with Crippen LogP contribution in [0.1, 0.15) is 11.1 Å². The zero-order valence-electron chi connectivity index (χ0n) is 20.0. The van der Waals surface area contributed by atoms with Crippen LogP contribution >= 0.6 is 0 Å². The summed E-state index contributed by atoms with van der Waals surface area (Å²) in [6.45, 7) is 0. The van der Waals surface area contributed by atoms with Crippen LogP contribution in [-0.2, 0) is 30.8 Å². The van der Waals surface area contributed by atoms with Gasteiger partial charge in [-0.2, -0.15) is 16.8 Å². The highest BCUT2D eigenvalue weighted by atomic mass is 32.2. The van der Waals surface area contributed by atoms with E-state index in [4.69, 9.17) is 8.37 Å². The van der Waals surface area contributed by atoms with E-state index in [0.717, 1.165) is 75.6 Å². The van der Waals surface area contributed by atoms with Crippen molar-refractivity contribution in [3.63, 3.8) is 0 Å². The highest BCUT2D eigenvalue weighted by Gasteiger charge is 2.25. The van der Waals surface area contributed by atoms with Gasteiger partial charge in [-0.05, 0) is 100 Å². The summed E-state index contributed by atoms with van der Waals surface area (Å²) >= 11 is 0. The molecule has 5 aromatic rings. The van der Waals surface area contributed by atoms with Gasteiger partial charge < -0.3 is 8.37 Å². The SMILES string of the molecule is O=S(=O)(OC1=CCc2c1ccc1c2ccc2cc(OS(=O)(=O)c3ccc(F)cc3)ccc21)c1ccc(F)cc1. The number of rotatable bonds is 6. The van der Waals surface area contributed by atoms with Gasteiger partial charge in [0.2, 0.25) is 0 Å². The number of halogens is 2. The van der Waals surface area contributed by atoms with Gasteiger partial charge in [0.15, 0.2) is 0 Å². The minimum atomic E-state index is -4.15. The van der Waals surface area contributed by atoms with Crippen LogP contribution in [0.4, 0.5) is 8.78 Å². The molecule has 0 atom stereocenters. The van der Waals surface area contributed by atoms with Gasteiger partial charge in [-0.1, -0.05) is 30.3 Å². The zero-order chi connectivity index (χ0) is 27.4. The standard InChI is InChI=1S/C29H18F2O6S2/c30-19-2-7-22(8-3-19)38(32,33)36-21-6-12-24-18(17-21)1-11-26-25(24)13-14-28-27(26)15-16-29(28)37-39(34,35)23-9-4-20(31)5-10-23/h1-14,16-17H,15H2. The van der Waals surface area contributed by atoms with Gasteiger partial charge in [-0.15, -0.1) is 0 Å². The maximum Gasteiger partial charge on any atom is 0.339 e. The van der Waals surface area contributed by atoms with Crippen LogP contribution in [0.3, 0.4) is 0 Å². The maximum absolute atomic E-state index is 13.2. The third-order valence-corrected chi connectivity index (χ3v) is 8.98. The second-order valence-electron chi connectivity index (χ2n) is 8.89. The fraction of sp³-hybridized carbons (Fsp3) is 0.0345. The van der Waals surface area contributed by atoms with Gasteiger partial charge in [-0.25, -0.2) is 8.78 Å². The Kier molecular flexibility index (Phi) is 5.89. The molecule has 10 heteroatoms. The average Bonchev–Trinajstić information content (AvgIpc) is 3.31. The predicted octanol–water partition coefficient (Wildman–Crippen LogP) is 6.34. The van der Waals surface area contributed by atoms with Crippen molar-refractivity contribution in [2.24, 2.45) is 0 Å². The van der Waals surface area contributed by atoms with E-state index >= 15 is 0 Å². The smallest absolute Gasteiger partial charge is 0.339 e. The summed E-state index contributed by atoms with van der Waals surface area (Å²) < 4.78 is 87.7. The summed E-state index contributed by atoms with van der Waals surface area (Å²) in [6.07, 6.45) is 2.14. The topological polar surface area (TPSA) is 86.7 Å². The first-order valence-electron chi connectivity index (χ1n) is 11.7. The third kappa shape index (κ3) is 4.62. The van der Waals surface area contributed by atoms with Crippen LogP contribution in [0.25, 0.3) is 27.3 Å². The molecular weight excluding hydrogens is 546 g/mol. The van der Waals surface area contributed by atoms with E-state index in [1.165, 1.54) is 6.07 Å². The molecule has 0 saturated carbocycles. The Morgan fingerprint density at radius 3 is 1.79 bits per heavy atom. The molecule has 6 rings (SSSR count). The van der Waals surface area contributed by atoms with E-state index < -0.39 is 31.9 Å². The van der Waals surface area contributed by atoms with Crippen LogP contribution in [-0.4, -0.2) is 16.8 Å². The van der Waals surface area contributed by atoms with Crippen molar-refractivity contribution in [2.75, 3.05) is 0 Å². The molecule has 0 fully saturated rings. The van der Waals surface area contributed by atoms with E-state index in [9.17, 15) is 25.6 Å². The molecule has 39 heavy (non-hydrogen) atoms. The number of benzene rings is 5. The Labute approximate surface area is 223 Å². The first-order chi connectivity index (χ1) is 18.6. The van der Waals surface area contributed by atoms with Crippen molar-refractivity contribution in [2.45, 2.75) is 16.2 Å². The van der Waals surface area contributed by atoms with Crippen molar-refractivity contribution in [3.05, 3.63) is 120 Å². The Hall–Kier alpha value is -4.28. The second kappa shape index (κ2) is 9.18. The molecule has 1 aliphatic rings. The lowest BCUT2D eigenvalue weighted by molar-refractivity contribution is 0.463. The second-order valence-corrected chi connectivity index (χ2v) is 12.0. The van der Waals surface area contributed by atoms with Crippen LogP contribution in [0.15, 0.2) is 107 Å². The summed E-state index contributed by atoms with van der Waals surface area (Å²) in [5, 5.41) is 3.35. The molecule has 6 nitrogen and oxygen atoms in total. The summed E-state index contributed by atoms with van der Waals surface area (Å²) in [5.41, 5.74) is 1.52. The third-order valence-electron chi connectivity index (χ3n) is 6.47. The minimum Gasteiger partial charge on any atom is -0.379 e. The Bertz CT molecular complexity index is 2020. The first-order valence-corrected chi connectivity index (χ1v) is 14.5. The van der Waals surface area contributed by atoms with Crippen LogP contribution in [0, 0.1) is 11.6 Å². The van der Waals surface area contributed by atoms with Crippen molar-refractivity contribution in [1.82, 2.24) is 0 Å². The first kappa shape index (κ1) is 25.0. The van der Waals surface area contributed by atoms with Crippen LogP contribution in [0.5, 0.6) is 5.75 Å². The molecular formula is C29H18F2O6S2. The monoisotopic (exact) mass is 564 g/mol. The summed E-state index contributed by atoms with van der Waals surface area (Å²) in [6, 6.07) is 21.0. The highest BCUT2D eigenvalue weighted by Crippen LogP contribution is 2.38. The largest absolute Gasteiger partial charge is 0.379 e. The number of hydrogen-bond acceptors (Lipinski definition) is 6. The maximum atomic E-state index is 13.2. The van der Waals surface area contributed by atoms with E-state index in [1.54, 1.807) is 24.3 Å². The van der Waals surface area contributed by atoms with Crippen molar-refractivity contribution in [3.8, 4) is 5.75 Å². The van der Waals surface area contributed by atoms with Crippen molar-refractivity contribution >= 4 is 47.5 Å². The Morgan fingerprint density at radius 1 is 0.590 bits per heavy atom. The summed E-state index contributed by atoms with van der Waals surface area (Å²) in [7, 11) is -8.30. The number of fused-ring (bicyclic) bond motifs is 5. The van der Waals surface area contributed by atoms with Crippen molar-refractivity contribution in [1.29, 1.82) is 0 Å². The molecule has 0 saturated heterocycles. The van der Waals surface area contributed by atoms with Crippen LogP contribution < -0.4 is 4.18 Å². The van der Waals surface area contributed by atoms with Gasteiger partial charge in [0.05, 0.1) is 0 Å². The molecule has 0 heterocycles. The van der Waals surface area contributed by atoms with Gasteiger partial charge in [0, 0.05) is 5.56 Å². The molecule has 0 N–H and O–H groups in total. The Morgan fingerprint density at radius 2 is 1.15 bits per heavy atom. The molecule has 0 radical (unpaired) electrons. The molecule has 196 valence electrons. The fourth-order valence-corrected chi connectivity index (χ4v) is 6.50. The van der Waals surface area contributed by atoms with Crippen LogP contribution in [0.2, 0.25) is 0 Å². The minimum absolute atomic E-state index is 0.107. The highest BCUT2D eigenvalue weighted by molar-refractivity contribution is 7.87. The van der Waals surface area contributed by atoms with E-state index in [-0.39, 0.29) is 21.3 Å². The molecule has 0 spiro atoms. The van der Waals surface area contributed by atoms with Gasteiger partial charge in [0.1, 0.15) is 32.9 Å². The molecule has 0 bridgehead atoms. The van der Waals surface area contributed by atoms with Gasteiger partial charge in [0.25, 0.3) is 0 Å². The molecule has 0 amide bonds. The predicted molar refractivity (Wildman–Crippen MR) is 142 cm³/mol. The van der Waals surface area contributed by atoms with E-state index in [2.05, 4.69) is 0 Å². The molecule has 0 unspecified atom stereocenters. The quantitative estimate of drug-likeness (QED) is 0.177.